The summed E-state index contributed by atoms with van der Waals surface area (Å²) in [7, 11) is 0. The van der Waals surface area contributed by atoms with Crippen LogP contribution < -0.4 is 0 Å². The molecular formula is C19H35NO4. The van der Waals surface area contributed by atoms with Crippen molar-refractivity contribution in [1.29, 1.82) is 0 Å². The molecule has 1 saturated heterocycles. The minimum absolute atomic E-state index is 0.149. The number of likely N-dealkylation sites (tertiary alicyclic amines) is 1. The van der Waals surface area contributed by atoms with Crippen LogP contribution in [0.4, 0.5) is 4.79 Å². The summed E-state index contributed by atoms with van der Waals surface area (Å²) in [6, 6.07) is 0. The second-order valence-electron chi connectivity index (χ2n) is 8.97. The molecule has 0 unspecified atom stereocenters. The Morgan fingerprint density at radius 3 is 1.88 bits per heavy atom. The third kappa shape index (κ3) is 5.67. The van der Waals surface area contributed by atoms with Crippen LogP contribution in [0.5, 0.6) is 0 Å². The second kappa shape index (κ2) is 7.32. The minimum atomic E-state index is -0.524. The first-order valence-electron chi connectivity index (χ1n) is 9.00. The van der Waals surface area contributed by atoms with E-state index in [1.807, 2.05) is 55.4 Å². The van der Waals surface area contributed by atoms with E-state index in [2.05, 4.69) is 0 Å². The van der Waals surface area contributed by atoms with Gasteiger partial charge >= 0.3 is 12.1 Å². The van der Waals surface area contributed by atoms with E-state index in [4.69, 9.17) is 9.47 Å². The molecule has 5 nitrogen and oxygen atoms in total. The topological polar surface area (TPSA) is 55.8 Å². The van der Waals surface area contributed by atoms with Crippen molar-refractivity contribution in [3.63, 3.8) is 0 Å². The van der Waals surface area contributed by atoms with Gasteiger partial charge in [-0.1, -0.05) is 6.92 Å². The van der Waals surface area contributed by atoms with Crippen LogP contribution >= 0.6 is 0 Å². The molecule has 0 saturated carbocycles. The summed E-state index contributed by atoms with van der Waals surface area (Å²) in [6.07, 6.45) is 2.11. The predicted molar refractivity (Wildman–Crippen MR) is 94.8 cm³/mol. The highest BCUT2D eigenvalue weighted by molar-refractivity contribution is 5.76. The van der Waals surface area contributed by atoms with Crippen LogP contribution in [0.2, 0.25) is 0 Å². The summed E-state index contributed by atoms with van der Waals surface area (Å²) in [4.78, 5) is 26.3. The van der Waals surface area contributed by atoms with Crippen molar-refractivity contribution in [3.8, 4) is 0 Å². The maximum atomic E-state index is 12.4. The number of carbonyl (C=O) groups is 2. The molecule has 1 aliphatic heterocycles. The van der Waals surface area contributed by atoms with Crippen LogP contribution in [0.3, 0.4) is 0 Å². The van der Waals surface area contributed by atoms with Gasteiger partial charge in [-0.15, -0.1) is 0 Å². The smallest absolute Gasteiger partial charge is 0.410 e. The molecule has 1 heterocycles. The quantitative estimate of drug-likeness (QED) is 0.712. The molecule has 1 aliphatic rings. The summed E-state index contributed by atoms with van der Waals surface area (Å²) in [5.41, 5.74) is -1.47. The van der Waals surface area contributed by atoms with Gasteiger partial charge in [0.1, 0.15) is 11.2 Å². The van der Waals surface area contributed by atoms with Crippen molar-refractivity contribution in [1.82, 2.24) is 4.90 Å². The third-order valence-electron chi connectivity index (χ3n) is 4.92. The van der Waals surface area contributed by atoms with Gasteiger partial charge in [0.05, 0.1) is 5.41 Å². The second-order valence-corrected chi connectivity index (χ2v) is 8.97. The van der Waals surface area contributed by atoms with Gasteiger partial charge in [-0.2, -0.15) is 0 Å². The lowest BCUT2D eigenvalue weighted by Crippen LogP contribution is -2.48. The van der Waals surface area contributed by atoms with Gasteiger partial charge in [0.2, 0.25) is 0 Å². The van der Waals surface area contributed by atoms with Gasteiger partial charge in [-0.3, -0.25) is 4.79 Å². The van der Waals surface area contributed by atoms with Gasteiger partial charge in [-0.25, -0.2) is 4.79 Å². The number of rotatable bonds is 4. The molecule has 0 spiro atoms. The van der Waals surface area contributed by atoms with Crippen LogP contribution in [0.25, 0.3) is 0 Å². The maximum Gasteiger partial charge on any atom is 0.410 e. The maximum absolute atomic E-state index is 12.4. The van der Waals surface area contributed by atoms with E-state index in [1.54, 1.807) is 4.90 Å². The average Bonchev–Trinajstić information content (AvgIpc) is 2.45. The Labute approximate surface area is 147 Å². The van der Waals surface area contributed by atoms with Crippen molar-refractivity contribution < 1.29 is 19.1 Å². The number of esters is 1. The van der Waals surface area contributed by atoms with Gasteiger partial charge in [0, 0.05) is 19.0 Å². The lowest BCUT2D eigenvalue weighted by atomic mass is 9.82. The molecule has 1 amide bonds. The molecular weight excluding hydrogens is 306 g/mol. The Kier molecular flexibility index (Phi) is 6.34. The molecule has 0 radical (unpaired) electrons. The number of amides is 1. The first-order chi connectivity index (χ1) is 10.8. The van der Waals surface area contributed by atoms with Gasteiger partial charge < -0.3 is 14.4 Å². The summed E-state index contributed by atoms with van der Waals surface area (Å²) in [6.45, 7) is 16.7. The van der Waals surface area contributed by atoms with Crippen LogP contribution in [0, 0.1) is 11.3 Å². The first-order valence-corrected chi connectivity index (χ1v) is 9.00. The van der Waals surface area contributed by atoms with E-state index in [0.29, 0.717) is 13.1 Å². The number of nitrogens with zero attached hydrogens (tertiary/aromatic N) is 1. The van der Waals surface area contributed by atoms with Crippen LogP contribution in [-0.2, 0) is 14.3 Å². The van der Waals surface area contributed by atoms with E-state index in [-0.39, 0.29) is 18.0 Å². The molecule has 0 bridgehead atoms. The van der Waals surface area contributed by atoms with E-state index in [1.165, 1.54) is 0 Å². The Bertz CT molecular complexity index is 454. The summed E-state index contributed by atoms with van der Waals surface area (Å²) < 4.78 is 11.3. The van der Waals surface area contributed by atoms with E-state index < -0.39 is 16.6 Å². The van der Waals surface area contributed by atoms with Crippen LogP contribution in [-0.4, -0.2) is 41.3 Å². The predicted octanol–water partition coefficient (Wildman–Crippen LogP) is 4.39. The molecule has 0 atom stereocenters. The van der Waals surface area contributed by atoms with E-state index in [9.17, 15) is 9.59 Å². The highest BCUT2D eigenvalue weighted by Gasteiger charge is 2.40. The SMILES string of the molecule is CCC(C)(C)C(=O)OC(C)(C)C1CCN(C(=O)OC(C)(C)C)CC1. The normalized spacial score (nSPS) is 17.6. The minimum Gasteiger partial charge on any atom is -0.459 e. The molecule has 5 heteroatoms. The molecule has 140 valence electrons. The fraction of sp³-hybridized carbons (Fsp3) is 0.895. The number of carbonyl (C=O) groups excluding carboxylic acids is 2. The fourth-order valence-corrected chi connectivity index (χ4v) is 2.69. The molecule has 0 aromatic carbocycles. The summed E-state index contributed by atoms with van der Waals surface area (Å²) >= 11 is 0. The third-order valence-corrected chi connectivity index (χ3v) is 4.92. The Morgan fingerprint density at radius 2 is 1.46 bits per heavy atom. The van der Waals surface area contributed by atoms with Gasteiger partial charge in [0.25, 0.3) is 0 Å². The highest BCUT2D eigenvalue weighted by Crippen LogP contribution is 2.34. The zero-order chi connectivity index (χ0) is 18.8. The average molecular weight is 341 g/mol. The molecule has 0 N–H and O–H groups in total. The highest BCUT2D eigenvalue weighted by atomic mass is 16.6. The van der Waals surface area contributed by atoms with Crippen LogP contribution in [0.15, 0.2) is 0 Å². The Morgan fingerprint density at radius 1 is 0.958 bits per heavy atom. The largest absolute Gasteiger partial charge is 0.459 e. The molecule has 24 heavy (non-hydrogen) atoms. The lowest BCUT2D eigenvalue weighted by Gasteiger charge is -2.41. The fourth-order valence-electron chi connectivity index (χ4n) is 2.69. The number of hydrogen-bond acceptors (Lipinski definition) is 4. The van der Waals surface area contributed by atoms with Crippen LogP contribution in [0.1, 0.15) is 74.7 Å². The van der Waals surface area contributed by atoms with Crippen molar-refractivity contribution in [2.75, 3.05) is 13.1 Å². The van der Waals surface area contributed by atoms with Crippen molar-refractivity contribution >= 4 is 12.1 Å². The van der Waals surface area contributed by atoms with Crippen molar-refractivity contribution in [2.45, 2.75) is 85.9 Å². The lowest BCUT2D eigenvalue weighted by molar-refractivity contribution is -0.174. The zero-order valence-electron chi connectivity index (χ0n) is 16.7. The van der Waals surface area contributed by atoms with Crippen molar-refractivity contribution in [3.05, 3.63) is 0 Å². The number of ether oxygens (including phenoxy) is 2. The van der Waals surface area contributed by atoms with Gasteiger partial charge in [0.15, 0.2) is 0 Å². The summed E-state index contributed by atoms with van der Waals surface area (Å²) in [5, 5.41) is 0. The Hall–Kier alpha value is -1.26. The Balaban J connectivity index is 2.60. The molecule has 0 aliphatic carbocycles. The molecule has 0 aromatic heterocycles. The van der Waals surface area contributed by atoms with Crippen molar-refractivity contribution in [2.24, 2.45) is 11.3 Å². The van der Waals surface area contributed by atoms with E-state index in [0.717, 1.165) is 19.3 Å². The molecule has 1 fully saturated rings. The zero-order valence-corrected chi connectivity index (χ0v) is 16.7. The van der Waals surface area contributed by atoms with E-state index >= 15 is 0 Å². The number of piperidine rings is 1. The first kappa shape index (κ1) is 20.8. The standard InChI is InChI=1S/C19H35NO4/c1-9-18(5,6)15(21)23-19(7,8)14-10-12-20(13-11-14)16(22)24-17(2,3)4/h14H,9-13H2,1-8H3. The molecule has 0 aromatic rings. The summed E-state index contributed by atoms with van der Waals surface area (Å²) in [5.74, 6) is 0.0948. The van der Waals surface area contributed by atoms with Gasteiger partial charge in [-0.05, 0) is 67.7 Å². The monoisotopic (exact) mass is 341 g/mol. The number of hydrogen-bond donors (Lipinski definition) is 0. The molecule has 1 rings (SSSR count).